The first-order valence-electron chi connectivity index (χ1n) is 9.12. The normalized spacial score (nSPS) is 14.7. The van der Waals surface area contributed by atoms with Crippen LogP contribution in [0, 0.1) is 0 Å². The van der Waals surface area contributed by atoms with Crippen molar-refractivity contribution in [3.05, 3.63) is 80.9 Å². The predicted molar refractivity (Wildman–Crippen MR) is 118 cm³/mol. The van der Waals surface area contributed by atoms with E-state index in [0.29, 0.717) is 21.9 Å². The summed E-state index contributed by atoms with van der Waals surface area (Å²) in [5.74, 6) is 0.157. The quantitative estimate of drug-likeness (QED) is 0.389. The maximum atomic E-state index is 12.3. The molecule has 8 nitrogen and oxygen atoms in total. The van der Waals surface area contributed by atoms with Gasteiger partial charge in [0.05, 0.1) is 11.1 Å². The first-order chi connectivity index (χ1) is 15.0. The van der Waals surface area contributed by atoms with Gasteiger partial charge in [-0.05, 0) is 47.7 Å². The Morgan fingerprint density at radius 3 is 2.55 bits per heavy atom. The summed E-state index contributed by atoms with van der Waals surface area (Å²) in [6.45, 7) is 0.283. The number of ketones is 1. The van der Waals surface area contributed by atoms with Crippen LogP contribution in [0.15, 0.2) is 64.1 Å². The van der Waals surface area contributed by atoms with Gasteiger partial charge < -0.3 is 4.74 Å². The van der Waals surface area contributed by atoms with Crippen LogP contribution in [0.1, 0.15) is 21.6 Å². The van der Waals surface area contributed by atoms with Crippen LogP contribution in [-0.2, 0) is 17.9 Å². The monoisotopic (exact) mass is 498 g/mol. The molecule has 2 amide bonds. The summed E-state index contributed by atoms with van der Waals surface area (Å²) < 4.78 is 8.09. The number of Topliss-reactive ketones (excluding diaryl/α,β-unsaturated/α-hetero) is 1. The topological polar surface area (TPSA) is 103 Å². The van der Waals surface area contributed by atoms with Gasteiger partial charge in [0.25, 0.3) is 11.1 Å². The number of rotatable bonds is 7. The zero-order chi connectivity index (χ0) is 21.8. The van der Waals surface area contributed by atoms with Crippen molar-refractivity contribution < 1.29 is 19.1 Å². The molecule has 31 heavy (non-hydrogen) atoms. The predicted octanol–water partition coefficient (Wildman–Crippen LogP) is 3.83. The molecule has 1 aliphatic rings. The summed E-state index contributed by atoms with van der Waals surface area (Å²) >= 11 is 4.22. The largest absolute Gasteiger partial charge is 0.487 e. The van der Waals surface area contributed by atoms with Gasteiger partial charge in [0.2, 0.25) is 0 Å². The molecule has 156 valence electrons. The van der Waals surface area contributed by atoms with Gasteiger partial charge in [-0.25, -0.2) is 4.68 Å². The molecule has 2 heterocycles. The lowest BCUT2D eigenvalue weighted by molar-refractivity contribution is -0.115. The molecular formula is C21H15BrN4O4S. The lowest BCUT2D eigenvalue weighted by atomic mass is 10.1. The molecule has 1 saturated heterocycles. The maximum Gasteiger partial charge on any atom is 0.290 e. The van der Waals surface area contributed by atoms with E-state index in [1.54, 1.807) is 48.7 Å². The Morgan fingerprint density at radius 2 is 1.87 bits per heavy atom. The lowest BCUT2D eigenvalue weighted by Crippen LogP contribution is -2.17. The highest BCUT2D eigenvalue weighted by Gasteiger charge is 2.24. The van der Waals surface area contributed by atoms with Crippen molar-refractivity contribution in [1.29, 1.82) is 0 Å². The Morgan fingerprint density at radius 1 is 1.13 bits per heavy atom. The van der Waals surface area contributed by atoms with Crippen molar-refractivity contribution >= 4 is 50.7 Å². The van der Waals surface area contributed by atoms with Crippen LogP contribution >= 0.6 is 27.7 Å². The molecule has 0 saturated carbocycles. The number of nitrogens with one attached hydrogen (secondary N) is 1. The van der Waals surface area contributed by atoms with Crippen LogP contribution in [-0.4, -0.2) is 31.9 Å². The molecule has 0 aliphatic carbocycles. The van der Waals surface area contributed by atoms with Gasteiger partial charge >= 0.3 is 0 Å². The average Bonchev–Trinajstić information content (AvgIpc) is 3.33. The summed E-state index contributed by atoms with van der Waals surface area (Å²) in [5, 5.41) is 9.85. The summed E-state index contributed by atoms with van der Waals surface area (Å²) in [7, 11) is 0. The van der Waals surface area contributed by atoms with Gasteiger partial charge in [-0.15, -0.1) is 5.10 Å². The molecule has 1 aliphatic heterocycles. The van der Waals surface area contributed by atoms with Crippen LogP contribution in [0.2, 0.25) is 0 Å². The van der Waals surface area contributed by atoms with Crippen LogP contribution in [0.4, 0.5) is 4.79 Å². The van der Waals surface area contributed by atoms with Crippen LogP contribution < -0.4 is 10.1 Å². The molecule has 1 fully saturated rings. The van der Waals surface area contributed by atoms with E-state index in [4.69, 9.17) is 4.74 Å². The van der Waals surface area contributed by atoms with E-state index in [0.717, 1.165) is 21.8 Å². The van der Waals surface area contributed by atoms with Gasteiger partial charge in [-0.1, -0.05) is 45.4 Å². The second kappa shape index (κ2) is 9.27. The standard InChI is InChI=1S/C21H15BrN4O4S/c22-15-5-3-14(4-6-15)18(27)11-26-10-16(24-25-26)12-30-17-7-1-13(2-8-17)9-19-20(28)23-21(29)31-19/h1-10H,11-12H2,(H,23,28,29)/b19-9-. The molecule has 4 rings (SSSR count). The summed E-state index contributed by atoms with van der Waals surface area (Å²) in [4.78, 5) is 35.5. The van der Waals surface area contributed by atoms with Crippen LogP contribution in [0.25, 0.3) is 6.08 Å². The number of nitrogens with zero attached hydrogens (tertiary/aromatic N) is 3. The van der Waals surface area contributed by atoms with E-state index in [1.807, 2.05) is 12.1 Å². The SMILES string of the molecule is O=C1NC(=O)/C(=C/c2ccc(OCc3cn(CC(=O)c4ccc(Br)cc4)nn3)cc2)S1. The third kappa shape index (κ3) is 5.47. The number of thioether (sulfide) groups is 1. The highest BCUT2D eigenvalue weighted by molar-refractivity contribution is 9.10. The Bertz CT molecular complexity index is 1170. The molecule has 10 heteroatoms. The van der Waals surface area contributed by atoms with Crippen molar-refractivity contribution in [1.82, 2.24) is 20.3 Å². The molecular weight excluding hydrogens is 484 g/mol. The van der Waals surface area contributed by atoms with Crippen molar-refractivity contribution in [2.24, 2.45) is 0 Å². The number of amides is 2. The summed E-state index contributed by atoms with van der Waals surface area (Å²) in [6.07, 6.45) is 3.31. The fourth-order valence-corrected chi connectivity index (χ4v) is 3.69. The van der Waals surface area contributed by atoms with Crippen molar-refractivity contribution in [3.8, 4) is 5.75 Å². The Kier molecular flexibility index (Phi) is 6.28. The van der Waals surface area contributed by atoms with E-state index in [9.17, 15) is 14.4 Å². The minimum absolute atomic E-state index is 0.0645. The fourth-order valence-electron chi connectivity index (χ4n) is 2.75. The number of imide groups is 1. The molecule has 0 atom stereocenters. The van der Waals surface area contributed by atoms with Gasteiger partial charge in [0.1, 0.15) is 24.6 Å². The second-order valence-electron chi connectivity index (χ2n) is 6.55. The smallest absolute Gasteiger partial charge is 0.290 e. The third-order valence-electron chi connectivity index (χ3n) is 4.26. The van der Waals surface area contributed by atoms with E-state index >= 15 is 0 Å². The fraction of sp³-hybridized carbons (Fsp3) is 0.0952. The molecule has 2 aromatic carbocycles. The summed E-state index contributed by atoms with van der Waals surface area (Å²) in [5.41, 5.74) is 1.97. The number of hydrogen-bond acceptors (Lipinski definition) is 7. The molecule has 0 bridgehead atoms. The van der Waals surface area contributed by atoms with E-state index in [2.05, 4.69) is 31.6 Å². The van der Waals surface area contributed by atoms with E-state index in [1.165, 1.54) is 4.68 Å². The minimum Gasteiger partial charge on any atom is -0.487 e. The molecule has 1 N–H and O–H groups in total. The molecule has 0 radical (unpaired) electrons. The molecule has 3 aromatic rings. The number of carbonyl (C=O) groups is 3. The van der Waals surface area contributed by atoms with Gasteiger partial charge in [0.15, 0.2) is 5.78 Å². The van der Waals surface area contributed by atoms with Crippen molar-refractivity contribution in [2.75, 3.05) is 0 Å². The van der Waals surface area contributed by atoms with Crippen molar-refractivity contribution in [2.45, 2.75) is 13.2 Å². The van der Waals surface area contributed by atoms with Gasteiger partial charge in [-0.2, -0.15) is 0 Å². The minimum atomic E-state index is -0.392. The number of ether oxygens (including phenoxy) is 1. The molecule has 1 aromatic heterocycles. The lowest BCUT2D eigenvalue weighted by Gasteiger charge is -2.04. The molecule has 0 unspecified atom stereocenters. The summed E-state index contributed by atoms with van der Waals surface area (Å²) in [6, 6.07) is 14.2. The third-order valence-corrected chi connectivity index (χ3v) is 5.60. The Hall–Kier alpha value is -3.24. The van der Waals surface area contributed by atoms with Crippen LogP contribution in [0.3, 0.4) is 0 Å². The Labute approximate surface area is 189 Å². The number of aromatic nitrogens is 3. The number of halogens is 1. The van der Waals surface area contributed by atoms with Crippen molar-refractivity contribution in [3.63, 3.8) is 0 Å². The van der Waals surface area contributed by atoms with E-state index < -0.39 is 5.91 Å². The second-order valence-corrected chi connectivity index (χ2v) is 8.48. The number of benzene rings is 2. The van der Waals surface area contributed by atoms with E-state index in [-0.39, 0.29) is 24.2 Å². The van der Waals surface area contributed by atoms with Crippen LogP contribution in [0.5, 0.6) is 5.75 Å². The number of carbonyl (C=O) groups excluding carboxylic acids is 3. The zero-order valence-corrected chi connectivity index (χ0v) is 18.4. The van der Waals surface area contributed by atoms with Gasteiger partial charge in [0, 0.05) is 10.0 Å². The maximum absolute atomic E-state index is 12.3. The highest BCUT2D eigenvalue weighted by Crippen LogP contribution is 2.26. The molecule has 0 spiro atoms. The average molecular weight is 499 g/mol. The Balaban J connectivity index is 1.32. The van der Waals surface area contributed by atoms with Gasteiger partial charge in [-0.3, -0.25) is 19.7 Å². The first kappa shape index (κ1) is 21.0. The first-order valence-corrected chi connectivity index (χ1v) is 10.7. The highest BCUT2D eigenvalue weighted by atomic mass is 79.9. The zero-order valence-electron chi connectivity index (χ0n) is 15.9. The number of hydrogen-bond donors (Lipinski definition) is 1.